The number of anilines is 1. The summed E-state index contributed by atoms with van der Waals surface area (Å²) in [5.74, 6) is -1.42. The van der Waals surface area contributed by atoms with Gasteiger partial charge in [0.25, 0.3) is 0 Å². The lowest BCUT2D eigenvalue weighted by molar-refractivity contribution is -0.158. The van der Waals surface area contributed by atoms with Crippen LogP contribution >= 0.6 is 0 Å². The fraction of sp³-hybridized carbons (Fsp3) is 0.581. The summed E-state index contributed by atoms with van der Waals surface area (Å²) in [6.45, 7) is 7.76. The Labute approximate surface area is 239 Å². The van der Waals surface area contributed by atoms with Crippen molar-refractivity contribution in [2.45, 2.75) is 84.1 Å². The quantitative estimate of drug-likeness (QED) is 0.373. The lowest BCUT2D eigenvalue weighted by atomic mass is 9.72. The number of carbonyl (C=O) groups is 2. The summed E-state index contributed by atoms with van der Waals surface area (Å²) in [5.41, 5.74) is -0.683. The predicted octanol–water partition coefficient (Wildman–Crippen LogP) is 6.65. The zero-order valence-electron chi connectivity index (χ0n) is 24.3. The molecular weight excluding hydrogens is 535 g/mol. The number of benzene rings is 1. The Kier molecular flexibility index (Phi) is 9.19. The molecule has 1 N–H and O–H groups in total. The Bertz CT molecular complexity index is 1210. The van der Waals surface area contributed by atoms with Gasteiger partial charge in [0, 0.05) is 18.0 Å². The number of likely N-dealkylation sites (tertiary alicyclic amines) is 1. The van der Waals surface area contributed by atoms with Gasteiger partial charge in [-0.2, -0.15) is 13.2 Å². The molecule has 1 aromatic heterocycles. The van der Waals surface area contributed by atoms with E-state index in [1.165, 1.54) is 7.11 Å². The third kappa shape index (κ3) is 6.46. The summed E-state index contributed by atoms with van der Waals surface area (Å²) < 4.78 is 52.1. The SMILES string of the molecule is CCOC(=O)[C@@H]1[C@@H](C(C)(C)C)[C@H](Nc2cc(C(F)(F)F)cnc2OC)[C@H](c2ccccc2)N1C(=O)C1CCCCC1. The first-order valence-electron chi connectivity index (χ1n) is 14.3. The standard InChI is InChI=1S/C31H40F3N3O4/c1-6-41-29(39)26-23(30(2,3)4)24(36-22-17-21(31(32,33)34)18-35-27(22)40-5)25(19-13-9-7-10-14-19)37(26)28(38)20-15-11-8-12-16-20/h7,9-10,13-14,17-18,20,23-26,36H,6,8,11-12,15-16H2,1-5H3/t23-,24-,25-,26-/m0/s1. The van der Waals surface area contributed by atoms with E-state index in [0.29, 0.717) is 0 Å². The molecule has 1 amide bonds. The van der Waals surface area contributed by atoms with Crippen molar-refractivity contribution in [3.05, 3.63) is 53.7 Å². The first-order valence-corrected chi connectivity index (χ1v) is 14.3. The van der Waals surface area contributed by atoms with Gasteiger partial charge in [-0.1, -0.05) is 70.4 Å². The number of esters is 1. The Morgan fingerprint density at radius 1 is 1.07 bits per heavy atom. The number of aromatic nitrogens is 1. The van der Waals surface area contributed by atoms with E-state index in [2.05, 4.69) is 10.3 Å². The van der Waals surface area contributed by atoms with Crippen molar-refractivity contribution in [2.24, 2.45) is 17.3 Å². The highest BCUT2D eigenvalue weighted by atomic mass is 19.4. The molecule has 0 bridgehead atoms. The van der Waals surface area contributed by atoms with Gasteiger partial charge < -0.3 is 19.7 Å². The minimum absolute atomic E-state index is 0.0118. The summed E-state index contributed by atoms with van der Waals surface area (Å²) in [4.78, 5) is 33.7. The number of nitrogens with zero attached hydrogens (tertiary/aromatic N) is 2. The Morgan fingerprint density at radius 2 is 1.73 bits per heavy atom. The molecule has 41 heavy (non-hydrogen) atoms. The Hall–Kier alpha value is -3.30. The number of pyridine rings is 1. The van der Waals surface area contributed by atoms with Crippen molar-refractivity contribution >= 4 is 17.6 Å². The molecule has 0 spiro atoms. The van der Waals surface area contributed by atoms with E-state index < -0.39 is 47.2 Å². The first kappa shape index (κ1) is 30.7. The molecule has 2 aromatic rings. The van der Waals surface area contributed by atoms with Crippen LogP contribution in [0.2, 0.25) is 0 Å². The molecule has 1 saturated carbocycles. The summed E-state index contributed by atoms with van der Waals surface area (Å²) >= 11 is 0. The van der Waals surface area contributed by atoms with Gasteiger partial charge in [0.2, 0.25) is 11.8 Å². The van der Waals surface area contributed by atoms with Gasteiger partial charge in [0.05, 0.1) is 37.1 Å². The van der Waals surface area contributed by atoms with E-state index in [4.69, 9.17) is 9.47 Å². The fourth-order valence-electron chi connectivity index (χ4n) is 6.49. The van der Waals surface area contributed by atoms with E-state index in [0.717, 1.165) is 49.9 Å². The second-order valence-electron chi connectivity index (χ2n) is 12.0. The van der Waals surface area contributed by atoms with Crippen molar-refractivity contribution in [3.8, 4) is 5.88 Å². The normalized spacial score (nSPS) is 23.8. The second kappa shape index (κ2) is 12.3. The molecular formula is C31H40F3N3O4. The van der Waals surface area contributed by atoms with Gasteiger partial charge in [0.15, 0.2) is 0 Å². The number of amides is 1. The van der Waals surface area contributed by atoms with E-state index in [9.17, 15) is 22.8 Å². The molecule has 2 fully saturated rings. The number of hydrogen-bond acceptors (Lipinski definition) is 6. The number of rotatable bonds is 7. The maximum Gasteiger partial charge on any atom is 0.417 e. The molecule has 10 heteroatoms. The minimum atomic E-state index is -4.62. The molecule has 2 heterocycles. The third-order valence-electron chi connectivity index (χ3n) is 8.24. The van der Waals surface area contributed by atoms with Gasteiger partial charge in [0.1, 0.15) is 6.04 Å². The van der Waals surface area contributed by atoms with Crippen molar-refractivity contribution < 1.29 is 32.2 Å². The summed E-state index contributed by atoms with van der Waals surface area (Å²) in [6.07, 6.45) is 0.499. The minimum Gasteiger partial charge on any atom is -0.480 e. The smallest absolute Gasteiger partial charge is 0.417 e. The maximum atomic E-state index is 14.4. The molecule has 0 unspecified atom stereocenters. The van der Waals surface area contributed by atoms with Crippen LogP contribution in [0.4, 0.5) is 18.9 Å². The first-order chi connectivity index (χ1) is 19.4. The second-order valence-corrected chi connectivity index (χ2v) is 12.0. The van der Waals surface area contributed by atoms with Crippen LogP contribution < -0.4 is 10.1 Å². The maximum absolute atomic E-state index is 14.4. The van der Waals surface area contributed by atoms with E-state index in [1.54, 1.807) is 11.8 Å². The van der Waals surface area contributed by atoms with Crippen LogP contribution in [-0.4, -0.2) is 47.6 Å². The molecule has 4 atom stereocenters. The van der Waals surface area contributed by atoms with Crippen molar-refractivity contribution in [2.75, 3.05) is 19.0 Å². The average molecular weight is 576 g/mol. The summed E-state index contributed by atoms with van der Waals surface area (Å²) in [7, 11) is 1.34. The predicted molar refractivity (Wildman–Crippen MR) is 149 cm³/mol. The molecule has 7 nitrogen and oxygen atoms in total. The number of methoxy groups -OCH3 is 1. The number of hydrogen-bond donors (Lipinski definition) is 1. The summed E-state index contributed by atoms with van der Waals surface area (Å²) in [5, 5.41) is 3.30. The van der Waals surface area contributed by atoms with Crippen LogP contribution in [0, 0.1) is 17.3 Å². The topological polar surface area (TPSA) is 80.8 Å². The highest BCUT2D eigenvalue weighted by Gasteiger charge is 2.59. The van der Waals surface area contributed by atoms with Crippen LogP contribution in [0.1, 0.15) is 77.0 Å². The van der Waals surface area contributed by atoms with Gasteiger partial charge in [-0.25, -0.2) is 9.78 Å². The van der Waals surface area contributed by atoms with Crippen LogP contribution in [0.5, 0.6) is 5.88 Å². The van der Waals surface area contributed by atoms with E-state index in [1.807, 2.05) is 51.1 Å². The monoisotopic (exact) mass is 575 g/mol. The van der Waals surface area contributed by atoms with Gasteiger partial charge >= 0.3 is 12.1 Å². The van der Waals surface area contributed by atoms with Crippen molar-refractivity contribution in [1.82, 2.24) is 9.88 Å². The Balaban J connectivity index is 1.93. The summed E-state index contributed by atoms with van der Waals surface area (Å²) in [6, 6.07) is 8.03. The van der Waals surface area contributed by atoms with Crippen LogP contribution in [0.25, 0.3) is 0 Å². The lowest BCUT2D eigenvalue weighted by Crippen LogP contribution is -2.49. The highest BCUT2D eigenvalue weighted by Crippen LogP contribution is 2.51. The lowest BCUT2D eigenvalue weighted by Gasteiger charge is -2.36. The Morgan fingerprint density at radius 3 is 2.29 bits per heavy atom. The number of alkyl halides is 3. The molecule has 1 saturated heterocycles. The number of nitrogens with one attached hydrogen (secondary N) is 1. The number of halogens is 3. The van der Waals surface area contributed by atoms with Gasteiger partial charge in [-0.3, -0.25) is 4.79 Å². The van der Waals surface area contributed by atoms with E-state index in [-0.39, 0.29) is 30.0 Å². The third-order valence-corrected chi connectivity index (χ3v) is 8.24. The zero-order chi connectivity index (χ0) is 29.9. The molecule has 0 radical (unpaired) electrons. The molecule has 4 rings (SSSR count). The van der Waals surface area contributed by atoms with Crippen molar-refractivity contribution in [3.63, 3.8) is 0 Å². The molecule has 224 valence electrons. The van der Waals surface area contributed by atoms with Gasteiger partial charge in [-0.15, -0.1) is 0 Å². The largest absolute Gasteiger partial charge is 0.480 e. The zero-order valence-corrected chi connectivity index (χ0v) is 24.3. The number of ether oxygens (including phenoxy) is 2. The molecule has 1 aliphatic carbocycles. The van der Waals surface area contributed by atoms with E-state index >= 15 is 0 Å². The van der Waals surface area contributed by atoms with Crippen LogP contribution in [0.15, 0.2) is 42.6 Å². The highest BCUT2D eigenvalue weighted by molar-refractivity contribution is 5.88. The van der Waals surface area contributed by atoms with Crippen LogP contribution in [-0.2, 0) is 20.5 Å². The molecule has 1 aromatic carbocycles. The van der Waals surface area contributed by atoms with Gasteiger partial charge in [-0.05, 0) is 36.8 Å². The fourth-order valence-corrected chi connectivity index (χ4v) is 6.49. The van der Waals surface area contributed by atoms with Crippen LogP contribution in [0.3, 0.4) is 0 Å². The molecule has 1 aliphatic heterocycles. The average Bonchev–Trinajstić information content (AvgIpc) is 3.28. The molecule has 2 aliphatic rings. The number of carbonyl (C=O) groups excluding carboxylic acids is 2. The van der Waals surface area contributed by atoms with Crippen molar-refractivity contribution in [1.29, 1.82) is 0 Å².